The summed E-state index contributed by atoms with van der Waals surface area (Å²) in [5.41, 5.74) is 0.817. The lowest BCUT2D eigenvalue weighted by Crippen LogP contribution is -2.38. The van der Waals surface area contributed by atoms with Gasteiger partial charge in [0.25, 0.3) is 0 Å². The predicted octanol–water partition coefficient (Wildman–Crippen LogP) is 0.730. The lowest BCUT2D eigenvalue weighted by atomic mass is 10.3. The third kappa shape index (κ3) is 5.07. The SMILES string of the molecule is COCCCN(CCOC)C(=O)Cn1c(C)csc1=O. The van der Waals surface area contributed by atoms with E-state index >= 15 is 0 Å². The largest absolute Gasteiger partial charge is 0.385 e. The molecule has 0 spiro atoms. The second kappa shape index (κ2) is 8.89. The fourth-order valence-corrected chi connectivity index (χ4v) is 2.53. The molecule has 0 aliphatic rings. The zero-order valence-electron chi connectivity index (χ0n) is 12.3. The predicted molar refractivity (Wildman–Crippen MR) is 78.3 cm³/mol. The number of aryl methyl sites for hydroxylation is 1. The number of ether oxygens (including phenoxy) is 2. The van der Waals surface area contributed by atoms with Crippen LogP contribution in [0, 0.1) is 6.92 Å². The molecule has 0 saturated heterocycles. The van der Waals surface area contributed by atoms with Crippen molar-refractivity contribution in [3.05, 3.63) is 20.7 Å². The first-order valence-electron chi connectivity index (χ1n) is 6.50. The van der Waals surface area contributed by atoms with Crippen molar-refractivity contribution in [1.29, 1.82) is 0 Å². The van der Waals surface area contributed by atoms with Crippen molar-refractivity contribution in [1.82, 2.24) is 9.47 Å². The Morgan fingerprint density at radius 2 is 2.00 bits per heavy atom. The van der Waals surface area contributed by atoms with E-state index in [4.69, 9.17) is 9.47 Å². The van der Waals surface area contributed by atoms with Crippen LogP contribution >= 0.6 is 11.3 Å². The van der Waals surface area contributed by atoms with Gasteiger partial charge in [-0.3, -0.25) is 14.2 Å². The van der Waals surface area contributed by atoms with Crippen molar-refractivity contribution in [2.75, 3.05) is 40.5 Å². The number of nitrogens with zero attached hydrogens (tertiary/aromatic N) is 2. The van der Waals surface area contributed by atoms with Crippen molar-refractivity contribution in [2.45, 2.75) is 19.9 Å². The quantitative estimate of drug-likeness (QED) is 0.631. The van der Waals surface area contributed by atoms with E-state index in [0.717, 1.165) is 23.5 Å². The minimum atomic E-state index is -0.0977. The molecule has 7 heteroatoms. The molecule has 1 rings (SSSR count). The normalized spacial score (nSPS) is 10.8. The summed E-state index contributed by atoms with van der Waals surface area (Å²) in [5, 5.41) is 1.76. The lowest BCUT2D eigenvalue weighted by Gasteiger charge is -2.22. The first kappa shape index (κ1) is 16.9. The van der Waals surface area contributed by atoms with Crippen molar-refractivity contribution in [2.24, 2.45) is 0 Å². The zero-order chi connectivity index (χ0) is 15.0. The molecule has 6 nitrogen and oxygen atoms in total. The maximum Gasteiger partial charge on any atom is 0.307 e. The topological polar surface area (TPSA) is 60.8 Å². The van der Waals surface area contributed by atoms with Gasteiger partial charge in [0.15, 0.2) is 0 Å². The molecule has 1 amide bonds. The first-order valence-corrected chi connectivity index (χ1v) is 7.38. The van der Waals surface area contributed by atoms with Crippen LogP contribution < -0.4 is 4.87 Å². The van der Waals surface area contributed by atoms with Gasteiger partial charge in [0.2, 0.25) is 5.91 Å². The molecule has 0 aliphatic carbocycles. The van der Waals surface area contributed by atoms with E-state index in [0.29, 0.717) is 26.3 Å². The van der Waals surface area contributed by atoms with Gasteiger partial charge >= 0.3 is 4.87 Å². The second-order valence-corrected chi connectivity index (χ2v) is 5.27. The van der Waals surface area contributed by atoms with E-state index < -0.39 is 0 Å². The van der Waals surface area contributed by atoms with Gasteiger partial charge in [-0.05, 0) is 13.3 Å². The first-order chi connectivity index (χ1) is 9.60. The lowest BCUT2D eigenvalue weighted by molar-refractivity contribution is -0.132. The Morgan fingerprint density at radius 3 is 2.55 bits per heavy atom. The number of hydrogen-bond acceptors (Lipinski definition) is 5. The van der Waals surface area contributed by atoms with Gasteiger partial charge in [-0.15, -0.1) is 0 Å². The summed E-state index contributed by atoms with van der Waals surface area (Å²) in [6, 6.07) is 0. The van der Waals surface area contributed by atoms with Gasteiger partial charge in [0.05, 0.1) is 6.61 Å². The van der Waals surface area contributed by atoms with E-state index in [1.807, 2.05) is 6.92 Å². The van der Waals surface area contributed by atoms with Crippen molar-refractivity contribution >= 4 is 17.2 Å². The van der Waals surface area contributed by atoms with E-state index in [1.54, 1.807) is 24.5 Å². The van der Waals surface area contributed by atoms with Crippen LogP contribution in [-0.4, -0.2) is 55.9 Å². The fourth-order valence-electron chi connectivity index (χ4n) is 1.79. The molecular formula is C13H22N2O4S. The van der Waals surface area contributed by atoms with Gasteiger partial charge in [0.1, 0.15) is 6.54 Å². The summed E-state index contributed by atoms with van der Waals surface area (Å²) in [7, 11) is 3.24. The molecule has 20 heavy (non-hydrogen) atoms. The Bertz CT molecular complexity index is 469. The zero-order valence-corrected chi connectivity index (χ0v) is 13.1. The Hall–Kier alpha value is -1.18. The highest BCUT2D eigenvalue weighted by atomic mass is 32.1. The average molecular weight is 302 g/mol. The third-order valence-electron chi connectivity index (χ3n) is 2.96. The van der Waals surface area contributed by atoms with E-state index in [1.165, 1.54) is 4.57 Å². The summed E-state index contributed by atoms with van der Waals surface area (Å²) in [6.45, 7) is 4.13. The Labute approximate surface area is 122 Å². The van der Waals surface area contributed by atoms with Crippen LogP contribution in [0.25, 0.3) is 0 Å². The smallest absolute Gasteiger partial charge is 0.307 e. The number of thiazole rings is 1. The van der Waals surface area contributed by atoms with Crippen LogP contribution in [-0.2, 0) is 20.8 Å². The number of hydrogen-bond donors (Lipinski definition) is 0. The third-order valence-corrected chi connectivity index (χ3v) is 3.85. The summed E-state index contributed by atoms with van der Waals surface area (Å²) in [6.07, 6.45) is 0.767. The van der Waals surface area contributed by atoms with Gasteiger partial charge in [0, 0.05) is 45.0 Å². The highest BCUT2D eigenvalue weighted by Crippen LogP contribution is 2.02. The monoisotopic (exact) mass is 302 g/mol. The summed E-state index contributed by atoms with van der Waals surface area (Å²) < 4.78 is 11.5. The molecule has 0 atom stereocenters. The Balaban J connectivity index is 2.64. The standard InChI is InChI=1S/C13H22N2O4S/c1-11-10-20-13(17)15(11)9-12(16)14(6-8-19-3)5-4-7-18-2/h10H,4-9H2,1-3H3. The number of aromatic nitrogens is 1. The molecular weight excluding hydrogens is 280 g/mol. The van der Waals surface area contributed by atoms with E-state index in [9.17, 15) is 9.59 Å². The molecule has 1 aromatic rings. The van der Waals surface area contributed by atoms with Crippen molar-refractivity contribution in [3.8, 4) is 0 Å². The van der Waals surface area contributed by atoms with E-state index in [-0.39, 0.29) is 17.3 Å². The molecule has 0 unspecified atom stereocenters. The fraction of sp³-hybridized carbons (Fsp3) is 0.692. The van der Waals surface area contributed by atoms with Crippen molar-refractivity contribution < 1.29 is 14.3 Å². The molecule has 0 N–H and O–H groups in total. The maximum atomic E-state index is 12.3. The van der Waals surface area contributed by atoms with Crippen LogP contribution in [0.4, 0.5) is 0 Å². The minimum Gasteiger partial charge on any atom is -0.385 e. The average Bonchev–Trinajstić information content (AvgIpc) is 2.74. The van der Waals surface area contributed by atoms with Crippen LogP contribution in [0.2, 0.25) is 0 Å². The summed E-state index contributed by atoms with van der Waals surface area (Å²) in [5.74, 6) is -0.0678. The van der Waals surface area contributed by atoms with E-state index in [2.05, 4.69) is 0 Å². The van der Waals surface area contributed by atoms with Gasteiger partial charge in [-0.1, -0.05) is 11.3 Å². The van der Waals surface area contributed by atoms with Crippen LogP contribution in [0.5, 0.6) is 0 Å². The maximum absolute atomic E-state index is 12.3. The molecule has 0 saturated carbocycles. The number of rotatable bonds is 9. The number of amides is 1. The molecule has 1 aromatic heterocycles. The number of carbonyl (C=O) groups is 1. The second-order valence-electron chi connectivity index (χ2n) is 4.45. The van der Waals surface area contributed by atoms with Crippen LogP contribution in [0.3, 0.4) is 0 Å². The number of carbonyl (C=O) groups excluding carboxylic acids is 1. The minimum absolute atomic E-state index is 0.0678. The van der Waals surface area contributed by atoms with Crippen LogP contribution in [0.1, 0.15) is 12.1 Å². The molecule has 114 valence electrons. The molecule has 0 radical (unpaired) electrons. The van der Waals surface area contributed by atoms with Crippen LogP contribution in [0.15, 0.2) is 10.2 Å². The Kier molecular flexibility index (Phi) is 7.50. The summed E-state index contributed by atoms with van der Waals surface area (Å²) in [4.78, 5) is 25.5. The highest BCUT2D eigenvalue weighted by Gasteiger charge is 2.15. The molecule has 0 bridgehead atoms. The van der Waals surface area contributed by atoms with Gasteiger partial charge < -0.3 is 14.4 Å². The molecule has 1 heterocycles. The summed E-state index contributed by atoms with van der Waals surface area (Å²) >= 11 is 1.12. The molecule has 0 fully saturated rings. The van der Waals surface area contributed by atoms with Gasteiger partial charge in [-0.25, -0.2) is 0 Å². The molecule has 0 aliphatic heterocycles. The van der Waals surface area contributed by atoms with Crippen molar-refractivity contribution in [3.63, 3.8) is 0 Å². The number of methoxy groups -OCH3 is 2. The molecule has 0 aromatic carbocycles. The highest BCUT2D eigenvalue weighted by molar-refractivity contribution is 7.07. The Morgan fingerprint density at radius 1 is 1.30 bits per heavy atom. The van der Waals surface area contributed by atoms with Gasteiger partial charge in [-0.2, -0.15) is 0 Å².